The van der Waals surface area contributed by atoms with Crippen molar-refractivity contribution in [2.24, 2.45) is 0 Å². The fraction of sp³-hybridized carbons (Fsp3) is 0.391. The first kappa shape index (κ1) is 21.0. The van der Waals surface area contributed by atoms with E-state index in [0.29, 0.717) is 24.4 Å². The third kappa shape index (κ3) is 5.43. The zero-order chi connectivity index (χ0) is 20.6. The number of anilines is 1. The van der Waals surface area contributed by atoms with Gasteiger partial charge in [-0.05, 0) is 54.9 Å². The fourth-order valence-electron chi connectivity index (χ4n) is 3.49. The number of ether oxygens (including phenoxy) is 1. The number of likely N-dealkylation sites (N-methyl/N-ethyl adjacent to an activating group) is 1. The molecule has 29 heavy (non-hydrogen) atoms. The number of carbonyl (C=O) groups excluding carboxylic acids is 2. The summed E-state index contributed by atoms with van der Waals surface area (Å²) in [5.41, 5.74) is 3.28. The number of carbonyl (C=O) groups is 2. The quantitative estimate of drug-likeness (QED) is 0.721. The minimum absolute atomic E-state index is 0.112. The molecule has 6 heteroatoms. The molecule has 2 aromatic rings. The zero-order valence-electron chi connectivity index (χ0n) is 17.1. The van der Waals surface area contributed by atoms with Crippen LogP contribution in [0.5, 0.6) is 0 Å². The second-order valence-electron chi connectivity index (χ2n) is 7.05. The van der Waals surface area contributed by atoms with Gasteiger partial charge in [-0.25, -0.2) is 0 Å². The highest BCUT2D eigenvalue weighted by Crippen LogP contribution is 2.28. The molecule has 0 bridgehead atoms. The molecule has 2 N–H and O–H groups in total. The molecule has 154 valence electrons. The van der Waals surface area contributed by atoms with Crippen molar-refractivity contribution in [3.8, 4) is 0 Å². The van der Waals surface area contributed by atoms with E-state index in [1.165, 1.54) is 0 Å². The summed E-state index contributed by atoms with van der Waals surface area (Å²) in [4.78, 5) is 27.2. The topological polar surface area (TPSA) is 70.7 Å². The van der Waals surface area contributed by atoms with Gasteiger partial charge >= 0.3 is 0 Å². The first-order valence-electron chi connectivity index (χ1n) is 10.2. The van der Waals surface area contributed by atoms with Gasteiger partial charge in [0.1, 0.15) is 0 Å². The van der Waals surface area contributed by atoms with E-state index in [1.54, 1.807) is 24.3 Å². The van der Waals surface area contributed by atoms with Gasteiger partial charge in [-0.15, -0.1) is 0 Å². The lowest BCUT2D eigenvalue weighted by molar-refractivity contribution is -0.128. The van der Waals surface area contributed by atoms with E-state index in [9.17, 15) is 9.59 Å². The molecule has 0 saturated carbocycles. The lowest BCUT2D eigenvalue weighted by Gasteiger charge is -2.25. The van der Waals surface area contributed by atoms with Crippen molar-refractivity contribution < 1.29 is 14.3 Å². The Balaban J connectivity index is 1.55. The summed E-state index contributed by atoms with van der Waals surface area (Å²) >= 11 is 0. The van der Waals surface area contributed by atoms with Crippen LogP contribution in [-0.4, -0.2) is 49.5 Å². The first-order valence-corrected chi connectivity index (χ1v) is 10.2. The third-order valence-electron chi connectivity index (χ3n) is 5.25. The lowest BCUT2D eigenvalue weighted by atomic mass is 9.97. The molecule has 2 aromatic carbocycles. The van der Waals surface area contributed by atoms with Gasteiger partial charge in [-0.3, -0.25) is 9.59 Å². The van der Waals surface area contributed by atoms with Crippen LogP contribution in [0, 0.1) is 0 Å². The lowest BCUT2D eigenvalue weighted by Crippen LogP contribution is -2.34. The van der Waals surface area contributed by atoms with Crippen LogP contribution in [0.4, 0.5) is 5.69 Å². The Morgan fingerprint density at radius 3 is 2.52 bits per heavy atom. The Labute approximate surface area is 172 Å². The van der Waals surface area contributed by atoms with Crippen LogP contribution < -0.4 is 10.6 Å². The van der Waals surface area contributed by atoms with Gasteiger partial charge in [-0.2, -0.15) is 0 Å². The number of amides is 2. The van der Waals surface area contributed by atoms with Crippen LogP contribution in [-0.2, 0) is 16.0 Å². The number of rotatable bonds is 8. The van der Waals surface area contributed by atoms with Crippen molar-refractivity contribution in [3.05, 3.63) is 65.2 Å². The van der Waals surface area contributed by atoms with Gasteiger partial charge in [-0.1, -0.05) is 38.1 Å². The van der Waals surface area contributed by atoms with Crippen molar-refractivity contribution in [2.75, 3.05) is 38.1 Å². The molecule has 1 unspecified atom stereocenters. The van der Waals surface area contributed by atoms with Gasteiger partial charge < -0.3 is 20.3 Å². The van der Waals surface area contributed by atoms with Crippen LogP contribution in [0.2, 0.25) is 0 Å². The van der Waals surface area contributed by atoms with Gasteiger partial charge in [0.15, 0.2) is 6.10 Å². The average molecular weight is 396 g/mol. The highest BCUT2D eigenvalue weighted by molar-refractivity contribution is 5.97. The van der Waals surface area contributed by atoms with E-state index in [-0.39, 0.29) is 11.8 Å². The molecule has 1 aliphatic rings. The monoisotopic (exact) mass is 395 g/mol. The smallest absolute Gasteiger partial charge is 0.258 e. The van der Waals surface area contributed by atoms with E-state index >= 15 is 0 Å². The van der Waals surface area contributed by atoms with E-state index < -0.39 is 6.10 Å². The van der Waals surface area contributed by atoms with Gasteiger partial charge in [0.25, 0.3) is 11.8 Å². The maximum Gasteiger partial charge on any atom is 0.258 e. The molecule has 6 nitrogen and oxygen atoms in total. The second kappa shape index (κ2) is 10.2. The largest absolute Gasteiger partial charge is 0.363 e. The van der Waals surface area contributed by atoms with Crippen LogP contribution in [0.25, 0.3) is 0 Å². The fourth-order valence-corrected chi connectivity index (χ4v) is 3.49. The highest BCUT2D eigenvalue weighted by atomic mass is 16.5. The number of nitrogens with zero attached hydrogens (tertiary/aromatic N) is 1. The minimum atomic E-state index is -0.608. The van der Waals surface area contributed by atoms with E-state index in [0.717, 1.165) is 37.2 Å². The minimum Gasteiger partial charge on any atom is -0.363 e. The summed E-state index contributed by atoms with van der Waals surface area (Å²) in [6.07, 6.45) is 0.209. The van der Waals surface area contributed by atoms with Crippen molar-refractivity contribution in [1.82, 2.24) is 10.2 Å². The summed E-state index contributed by atoms with van der Waals surface area (Å²) in [5.74, 6) is -0.312. The summed E-state index contributed by atoms with van der Waals surface area (Å²) in [7, 11) is 0. The standard InChI is InChI=1S/C23H29N3O3/c1-3-26(4-2)15-14-24-22(27)18-9-11-19(12-10-18)25-23(28)21-20-8-6-5-7-17(20)13-16-29-21/h5-12,21H,3-4,13-16H2,1-2H3,(H,24,27)(H,25,28). The average Bonchev–Trinajstić information content (AvgIpc) is 2.76. The molecule has 1 heterocycles. The molecule has 0 fully saturated rings. The van der Waals surface area contributed by atoms with Gasteiger partial charge in [0.2, 0.25) is 0 Å². The first-order chi connectivity index (χ1) is 14.1. The normalized spacial score (nSPS) is 15.6. The van der Waals surface area contributed by atoms with Crippen molar-refractivity contribution in [3.63, 3.8) is 0 Å². The second-order valence-corrected chi connectivity index (χ2v) is 7.05. The number of fused-ring (bicyclic) bond motifs is 1. The summed E-state index contributed by atoms with van der Waals surface area (Å²) < 4.78 is 5.70. The zero-order valence-corrected chi connectivity index (χ0v) is 17.1. The number of benzene rings is 2. The van der Waals surface area contributed by atoms with Crippen LogP contribution >= 0.6 is 0 Å². The van der Waals surface area contributed by atoms with E-state index in [4.69, 9.17) is 4.74 Å². The van der Waals surface area contributed by atoms with Crippen LogP contribution in [0.3, 0.4) is 0 Å². The Bertz CT molecular complexity index is 832. The van der Waals surface area contributed by atoms with Gasteiger partial charge in [0.05, 0.1) is 6.61 Å². The molecular formula is C23H29N3O3. The van der Waals surface area contributed by atoms with E-state index in [1.807, 2.05) is 24.3 Å². The highest BCUT2D eigenvalue weighted by Gasteiger charge is 2.27. The maximum atomic E-state index is 12.7. The molecule has 0 aliphatic carbocycles. The SMILES string of the molecule is CCN(CC)CCNC(=O)c1ccc(NC(=O)C2OCCc3ccccc32)cc1. The van der Waals surface area contributed by atoms with Crippen LogP contribution in [0.1, 0.15) is 41.4 Å². The summed E-state index contributed by atoms with van der Waals surface area (Å²) in [5, 5.41) is 5.82. The molecule has 2 amide bonds. The molecule has 0 spiro atoms. The Morgan fingerprint density at radius 2 is 1.79 bits per heavy atom. The van der Waals surface area contributed by atoms with Crippen molar-refractivity contribution in [1.29, 1.82) is 0 Å². The summed E-state index contributed by atoms with van der Waals surface area (Å²) in [6.45, 7) is 8.12. The molecular weight excluding hydrogens is 366 g/mol. The molecule has 0 aromatic heterocycles. The molecule has 0 saturated heterocycles. The van der Waals surface area contributed by atoms with Crippen molar-refractivity contribution >= 4 is 17.5 Å². The molecule has 0 radical (unpaired) electrons. The number of nitrogens with one attached hydrogen (secondary N) is 2. The maximum absolute atomic E-state index is 12.7. The predicted molar refractivity (Wildman–Crippen MR) is 114 cm³/mol. The van der Waals surface area contributed by atoms with Crippen molar-refractivity contribution in [2.45, 2.75) is 26.4 Å². The van der Waals surface area contributed by atoms with E-state index in [2.05, 4.69) is 29.4 Å². The predicted octanol–water partition coefficient (Wildman–Crippen LogP) is 3.01. The number of hydrogen-bond donors (Lipinski definition) is 2. The Kier molecular flexibility index (Phi) is 7.38. The molecule has 3 rings (SSSR count). The summed E-state index contributed by atoms with van der Waals surface area (Å²) in [6, 6.07) is 14.8. The Morgan fingerprint density at radius 1 is 1.07 bits per heavy atom. The van der Waals surface area contributed by atoms with Gasteiger partial charge in [0, 0.05) is 24.3 Å². The van der Waals surface area contributed by atoms with Crippen LogP contribution in [0.15, 0.2) is 48.5 Å². The Hall–Kier alpha value is -2.70. The number of hydrogen-bond acceptors (Lipinski definition) is 4. The molecule has 1 aliphatic heterocycles. The third-order valence-corrected chi connectivity index (χ3v) is 5.25. The molecule has 1 atom stereocenters.